The Labute approximate surface area is 203 Å². The summed E-state index contributed by atoms with van der Waals surface area (Å²) in [5.41, 5.74) is 2.33. The minimum atomic E-state index is -0.528. The number of rotatable bonds is 5. The fraction of sp³-hybridized carbons (Fsp3) is 0.400. The first-order valence-corrected chi connectivity index (χ1v) is 11.6. The molecule has 35 heavy (non-hydrogen) atoms. The number of fused-ring (bicyclic) bond motifs is 1. The van der Waals surface area contributed by atoms with Gasteiger partial charge in [-0.15, -0.1) is 10.2 Å². The van der Waals surface area contributed by atoms with Gasteiger partial charge in [0.15, 0.2) is 5.82 Å². The SMILES string of the molecule is CCOc1cc2nn(C)cc2cc1C(=O)Nc1ccc(C2=CCN(C(=O)OC(C)(C)C)CC2)nn1. The van der Waals surface area contributed by atoms with Gasteiger partial charge in [0.05, 0.1) is 23.4 Å². The Morgan fingerprint density at radius 1 is 1.17 bits per heavy atom. The van der Waals surface area contributed by atoms with Gasteiger partial charge in [-0.1, -0.05) is 6.08 Å². The number of carbonyl (C=O) groups is 2. The molecule has 4 rings (SSSR count). The van der Waals surface area contributed by atoms with Gasteiger partial charge in [0, 0.05) is 37.8 Å². The van der Waals surface area contributed by atoms with Gasteiger partial charge in [0.25, 0.3) is 5.91 Å². The molecule has 10 heteroatoms. The van der Waals surface area contributed by atoms with Crippen molar-refractivity contribution in [2.24, 2.45) is 7.05 Å². The number of amides is 2. The van der Waals surface area contributed by atoms with Crippen LogP contribution in [0.1, 0.15) is 50.2 Å². The van der Waals surface area contributed by atoms with E-state index in [1.54, 1.807) is 27.8 Å². The number of anilines is 1. The molecule has 1 aliphatic heterocycles. The lowest BCUT2D eigenvalue weighted by atomic mass is 10.0. The number of carbonyl (C=O) groups excluding carboxylic acids is 2. The summed E-state index contributed by atoms with van der Waals surface area (Å²) in [6.07, 6.45) is 4.11. The van der Waals surface area contributed by atoms with Gasteiger partial charge in [-0.05, 0) is 57.9 Å². The first-order chi connectivity index (χ1) is 16.6. The van der Waals surface area contributed by atoms with Crippen LogP contribution in [-0.4, -0.2) is 62.2 Å². The topological polar surface area (TPSA) is 111 Å². The van der Waals surface area contributed by atoms with Gasteiger partial charge >= 0.3 is 6.09 Å². The highest BCUT2D eigenvalue weighted by molar-refractivity contribution is 6.08. The van der Waals surface area contributed by atoms with Crippen molar-refractivity contribution in [3.05, 3.63) is 47.8 Å². The van der Waals surface area contributed by atoms with E-state index in [-0.39, 0.29) is 12.0 Å². The number of aromatic nitrogens is 4. The molecule has 0 aliphatic carbocycles. The summed E-state index contributed by atoms with van der Waals surface area (Å²) >= 11 is 0. The van der Waals surface area contributed by atoms with Crippen LogP contribution in [0.25, 0.3) is 16.5 Å². The zero-order chi connectivity index (χ0) is 25.2. The third-order valence-electron chi connectivity index (χ3n) is 5.36. The summed E-state index contributed by atoms with van der Waals surface area (Å²) in [7, 11) is 1.83. The van der Waals surface area contributed by atoms with Crippen molar-refractivity contribution in [1.82, 2.24) is 24.9 Å². The van der Waals surface area contributed by atoms with Crippen molar-refractivity contribution in [2.75, 3.05) is 25.0 Å². The van der Waals surface area contributed by atoms with Crippen molar-refractivity contribution >= 4 is 34.3 Å². The molecule has 0 fully saturated rings. The predicted molar refractivity (Wildman–Crippen MR) is 132 cm³/mol. The Morgan fingerprint density at radius 3 is 2.60 bits per heavy atom. The second-order valence-corrected chi connectivity index (χ2v) is 9.31. The second kappa shape index (κ2) is 9.73. The second-order valence-electron chi connectivity index (χ2n) is 9.31. The van der Waals surface area contributed by atoms with E-state index in [4.69, 9.17) is 9.47 Å². The smallest absolute Gasteiger partial charge is 0.410 e. The van der Waals surface area contributed by atoms with Crippen LogP contribution in [-0.2, 0) is 11.8 Å². The molecule has 3 heterocycles. The van der Waals surface area contributed by atoms with Gasteiger partial charge < -0.3 is 19.7 Å². The average molecular weight is 479 g/mol. The molecule has 2 amide bonds. The zero-order valence-corrected chi connectivity index (χ0v) is 20.7. The third kappa shape index (κ3) is 5.76. The van der Waals surface area contributed by atoms with E-state index in [1.165, 1.54) is 0 Å². The molecular weight excluding hydrogens is 448 g/mol. The molecule has 10 nitrogen and oxygen atoms in total. The zero-order valence-electron chi connectivity index (χ0n) is 20.7. The highest BCUT2D eigenvalue weighted by Gasteiger charge is 2.24. The maximum Gasteiger partial charge on any atom is 0.410 e. The molecule has 2 aromatic heterocycles. The molecule has 1 aromatic carbocycles. The van der Waals surface area contributed by atoms with Crippen molar-refractivity contribution in [3.8, 4) is 5.75 Å². The highest BCUT2D eigenvalue weighted by Crippen LogP contribution is 2.27. The van der Waals surface area contributed by atoms with Gasteiger partial charge in [0.1, 0.15) is 11.4 Å². The van der Waals surface area contributed by atoms with Crippen LogP contribution in [0.2, 0.25) is 0 Å². The van der Waals surface area contributed by atoms with Crippen LogP contribution in [0, 0.1) is 0 Å². The lowest BCUT2D eigenvalue weighted by molar-refractivity contribution is 0.0270. The van der Waals surface area contributed by atoms with E-state index in [0.29, 0.717) is 48.9 Å². The molecular formula is C25H30N6O4. The number of ether oxygens (including phenoxy) is 2. The fourth-order valence-corrected chi connectivity index (χ4v) is 3.78. The monoisotopic (exact) mass is 478 g/mol. The van der Waals surface area contributed by atoms with Crippen molar-refractivity contribution < 1.29 is 19.1 Å². The van der Waals surface area contributed by atoms with E-state index in [0.717, 1.165) is 16.5 Å². The lowest BCUT2D eigenvalue weighted by Crippen LogP contribution is -2.39. The molecule has 0 saturated heterocycles. The number of benzene rings is 1. The van der Waals surface area contributed by atoms with Gasteiger partial charge in [0.2, 0.25) is 0 Å². The quantitative estimate of drug-likeness (QED) is 0.589. The van der Waals surface area contributed by atoms with Crippen molar-refractivity contribution in [1.29, 1.82) is 0 Å². The molecule has 0 spiro atoms. The molecule has 0 saturated carbocycles. The van der Waals surface area contributed by atoms with Crippen LogP contribution >= 0.6 is 0 Å². The fourth-order valence-electron chi connectivity index (χ4n) is 3.78. The maximum atomic E-state index is 13.0. The Hall–Kier alpha value is -3.95. The lowest BCUT2D eigenvalue weighted by Gasteiger charge is -2.29. The predicted octanol–water partition coefficient (Wildman–Crippen LogP) is 4.04. The molecule has 0 unspecified atom stereocenters. The summed E-state index contributed by atoms with van der Waals surface area (Å²) in [6.45, 7) is 8.82. The van der Waals surface area contributed by atoms with Crippen LogP contribution in [0.5, 0.6) is 5.75 Å². The summed E-state index contributed by atoms with van der Waals surface area (Å²) < 4.78 is 12.8. The van der Waals surface area contributed by atoms with Crippen LogP contribution in [0.3, 0.4) is 0 Å². The minimum Gasteiger partial charge on any atom is -0.493 e. The van der Waals surface area contributed by atoms with Crippen LogP contribution in [0.4, 0.5) is 10.6 Å². The average Bonchev–Trinajstić information content (AvgIpc) is 3.17. The number of nitrogens with zero attached hydrogens (tertiary/aromatic N) is 5. The van der Waals surface area contributed by atoms with E-state index < -0.39 is 5.60 Å². The number of nitrogens with one attached hydrogen (secondary N) is 1. The Kier molecular flexibility index (Phi) is 6.72. The molecule has 184 valence electrons. The molecule has 0 bridgehead atoms. The summed E-state index contributed by atoms with van der Waals surface area (Å²) in [4.78, 5) is 26.9. The van der Waals surface area contributed by atoms with Crippen LogP contribution in [0.15, 0.2) is 36.5 Å². The molecule has 3 aromatic rings. The molecule has 1 N–H and O–H groups in total. The Bertz CT molecular complexity index is 1270. The molecule has 1 aliphatic rings. The van der Waals surface area contributed by atoms with Crippen molar-refractivity contribution in [3.63, 3.8) is 0 Å². The number of hydrogen-bond acceptors (Lipinski definition) is 7. The number of aryl methyl sites for hydroxylation is 1. The first-order valence-electron chi connectivity index (χ1n) is 11.6. The van der Waals surface area contributed by atoms with E-state index in [2.05, 4.69) is 20.6 Å². The summed E-state index contributed by atoms with van der Waals surface area (Å²) in [6, 6.07) is 7.04. The van der Waals surface area contributed by atoms with Crippen molar-refractivity contribution in [2.45, 2.75) is 39.7 Å². The van der Waals surface area contributed by atoms with E-state index in [9.17, 15) is 9.59 Å². The van der Waals surface area contributed by atoms with E-state index in [1.807, 2.05) is 53.1 Å². The standard InChI is InChI=1S/C25H30N6O4/c1-6-34-21-14-20-17(15-30(5)29-20)13-18(21)23(32)26-22-8-7-19(27-28-22)16-9-11-31(12-10-16)24(33)35-25(2,3)4/h7-9,13-15H,6,10-12H2,1-5H3,(H,26,28,32). The largest absolute Gasteiger partial charge is 0.493 e. The van der Waals surface area contributed by atoms with E-state index >= 15 is 0 Å². The minimum absolute atomic E-state index is 0.326. The van der Waals surface area contributed by atoms with Gasteiger partial charge in [-0.25, -0.2) is 4.79 Å². The van der Waals surface area contributed by atoms with Gasteiger partial charge in [-0.3, -0.25) is 9.48 Å². The Morgan fingerprint density at radius 2 is 1.97 bits per heavy atom. The summed E-state index contributed by atoms with van der Waals surface area (Å²) in [5.74, 6) is 0.452. The summed E-state index contributed by atoms with van der Waals surface area (Å²) in [5, 5.41) is 16.5. The first kappa shape index (κ1) is 24.2. The van der Waals surface area contributed by atoms with Gasteiger partial charge in [-0.2, -0.15) is 5.10 Å². The highest BCUT2D eigenvalue weighted by atomic mass is 16.6. The molecule has 0 radical (unpaired) electrons. The Balaban J connectivity index is 1.44. The normalized spacial score (nSPS) is 14.0. The third-order valence-corrected chi connectivity index (χ3v) is 5.36. The van der Waals surface area contributed by atoms with Crippen LogP contribution < -0.4 is 10.1 Å². The molecule has 0 atom stereocenters. The maximum absolute atomic E-state index is 13.0. The number of hydrogen-bond donors (Lipinski definition) is 1.